The first-order valence-corrected chi connectivity index (χ1v) is 5.39. The Morgan fingerprint density at radius 2 is 2.06 bits per heavy atom. The van der Waals surface area contributed by atoms with Gasteiger partial charge in [0.25, 0.3) is 5.91 Å². The van der Waals surface area contributed by atoms with Gasteiger partial charge in [-0.25, -0.2) is 0 Å². The van der Waals surface area contributed by atoms with Crippen LogP contribution in [0.2, 0.25) is 0 Å². The SMILES string of the molecule is COC(CNC(=O)c1ccc2n[nH]nc2c1)OC. The van der Waals surface area contributed by atoms with E-state index in [4.69, 9.17) is 9.47 Å². The predicted molar refractivity (Wildman–Crippen MR) is 64.0 cm³/mol. The van der Waals surface area contributed by atoms with Crippen molar-refractivity contribution < 1.29 is 14.3 Å². The van der Waals surface area contributed by atoms with E-state index in [1.54, 1.807) is 18.2 Å². The van der Waals surface area contributed by atoms with Crippen LogP contribution in [0.15, 0.2) is 18.2 Å². The van der Waals surface area contributed by atoms with E-state index in [9.17, 15) is 4.79 Å². The summed E-state index contributed by atoms with van der Waals surface area (Å²) in [5.41, 5.74) is 1.89. The van der Waals surface area contributed by atoms with Gasteiger partial charge in [-0.3, -0.25) is 4.79 Å². The highest BCUT2D eigenvalue weighted by Crippen LogP contribution is 2.10. The second-order valence-electron chi connectivity index (χ2n) is 3.64. The van der Waals surface area contributed by atoms with E-state index in [2.05, 4.69) is 20.7 Å². The first-order valence-electron chi connectivity index (χ1n) is 5.39. The minimum atomic E-state index is -0.454. The lowest BCUT2D eigenvalue weighted by atomic mass is 10.2. The molecule has 0 unspecified atom stereocenters. The number of H-pyrrole nitrogens is 1. The summed E-state index contributed by atoms with van der Waals surface area (Å²) in [5.74, 6) is -0.209. The van der Waals surface area contributed by atoms with E-state index in [-0.39, 0.29) is 12.5 Å². The van der Waals surface area contributed by atoms with Crippen LogP contribution in [0.4, 0.5) is 0 Å². The van der Waals surface area contributed by atoms with E-state index in [1.807, 2.05) is 0 Å². The van der Waals surface area contributed by atoms with Crippen molar-refractivity contribution in [1.29, 1.82) is 0 Å². The summed E-state index contributed by atoms with van der Waals surface area (Å²) in [7, 11) is 3.03. The van der Waals surface area contributed by atoms with Gasteiger partial charge in [-0.05, 0) is 18.2 Å². The molecule has 0 aliphatic rings. The quantitative estimate of drug-likeness (QED) is 0.745. The number of amides is 1. The lowest BCUT2D eigenvalue weighted by molar-refractivity contribution is -0.0974. The molecule has 0 spiro atoms. The van der Waals surface area contributed by atoms with Gasteiger partial charge >= 0.3 is 0 Å². The van der Waals surface area contributed by atoms with Crippen molar-refractivity contribution in [2.75, 3.05) is 20.8 Å². The van der Waals surface area contributed by atoms with Crippen LogP contribution in [0.5, 0.6) is 0 Å². The third-order valence-corrected chi connectivity index (χ3v) is 2.53. The minimum absolute atomic E-state index is 0.209. The van der Waals surface area contributed by atoms with Crippen molar-refractivity contribution in [2.24, 2.45) is 0 Å². The molecular formula is C11H14N4O3. The zero-order valence-corrected chi connectivity index (χ0v) is 10.1. The van der Waals surface area contributed by atoms with Crippen molar-refractivity contribution >= 4 is 16.9 Å². The van der Waals surface area contributed by atoms with E-state index in [0.29, 0.717) is 11.1 Å². The Bertz CT molecular complexity index is 536. The fourth-order valence-corrected chi connectivity index (χ4v) is 1.52. The number of hydrogen-bond donors (Lipinski definition) is 2. The number of aromatic amines is 1. The molecule has 2 rings (SSSR count). The molecule has 96 valence electrons. The first kappa shape index (κ1) is 12.5. The maximum Gasteiger partial charge on any atom is 0.251 e. The van der Waals surface area contributed by atoms with Crippen molar-refractivity contribution in [3.05, 3.63) is 23.8 Å². The van der Waals surface area contributed by atoms with Gasteiger partial charge in [0.2, 0.25) is 0 Å². The first-order chi connectivity index (χ1) is 8.74. The molecular weight excluding hydrogens is 236 g/mol. The summed E-state index contributed by atoms with van der Waals surface area (Å²) < 4.78 is 9.96. The zero-order valence-electron chi connectivity index (χ0n) is 10.1. The zero-order chi connectivity index (χ0) is 13.0. The third kappa shape index (κ3) is 2.63. The average Bonchev–Trinajstić information content (AvgIpc) is 2.86. The minimum Gasteiger partial charge on any atom is -0.354 e. The summed E-state index contributed by atoms with van der Waals surface area (Å²) in [5, 5.41) is 13.0. The maximum absolute atomic E-state index is 11.9. The van der Waals surface area contributed by atoms with Gasteiger partial charge in [-0.1, -0.05) is 0 Å². The molecule has 0 saturated heterocycles. The second kappa shape index (κ2) is 5.56. The molecule has 0 bridgehead atoms. The largest absolute Gasteiger partial charge is 0.354 e. The van der Waals surface area contributed by atoms with Crippen LogP contribution < -0.4 is 5.32 Å². The van der Waals surface area contributed by atoms with Crippen LogP contribution in [0.1, 0.15) is 10.4 Å². The Labute approximate surface area is 103 Å². The van der Waals surface area contributed by atoms with E-state index >= 15 is 0 Å². The number of benzene rings is 1. The molecule has 1 aromatic carbocycles. The number of methoxy groups -OCH3 is 2. The van der Waals surface area contributed by atoms with Gasteiger partial charge in [-0.2, -0.15) is 15.4 Å². The molecule has 0 atom stereocenters. The van der Waals surface area contributed by atoms with Crippen molar-refractivity contribution in [3.8, 4) is 0 Å². The van der Waals surface area contributed by atoms with Gasteiger partial charge in [0.15, 0.2) is 6.29 Å². The third-order valence-electron chi connectivity index (χ3n) is 2.53. The summed E-state index contributed by atoms with van der Waals surface area (Å²) in [6.45, 7) is 0.280. The molecule has 0 fully saturated rings. The lowest BCUT2D eigenvalue weighted by Crippen LogP contribution is -2.34. The van der Waals surface area contributed by atoms with Crippen molar-refractivity contribution in [2.45, 2.75) is 6.29 Å². The Hall–Kier alpha value is -1.99. The molecule has 7 nitrogen and oxygen atoms in total. The average molecular weight is 250 g/mol. The highest BCUT2D eigenvalue weighted by molar-refractivity contribution is 5.97. The number of aromatic nitrogens is 3. The topological polar surface area (TPSA) is 89.1 Å². The molecule has 1 amide bonds. The van der Waals surface area contributed by atoms with Gasteiger partial charge in [0, 0.05) is 19.8 Å². The molecule has 2 N–H and O–H groups in total. The molecule has 7 heteroatoms. The van der Waals surface area contributed by atoms with E-state index < -0.39 is 6.29 Å². The van der Waals surface area contributed by atoms with Crippen LogP contribution in [-0.4, -0.2) is 48.4 Å². The molecule has 0 saturated carbocycles. The molecule has 0 aliphatic carbocycles. The molecule has 1 heterocycles. The Balaban J connectivity index is 2.04. The number of fused-ring (bicyclic) bond motifs is 1. The predicted octanol–water partition coefficient (Wildman–Crippen LogP) is 0.307. The smallest absolute Gasteiger partial charge is 0.251 e. The number of carbonyl (C=O) groups is 1. The number of nitrogens with one attached hydrogen (secondary N) is 2. The molecule has 2 aromatic rings. The van der Waals surface area contributed by atoms with Crippen LogP contribution in [0.3, 0.4) is 0 Å². The van der Waals surface area contributed by atoms with Crippen LogP contribution in [-0.2, 0) is 9.47 Å². The van der Waals surface area contributed by atoms with Crippen molar-refractivity contribution in [3.63, 3.8) is 0 Å². The lowest BCUT2D eigenvalue weighted by Gasteiger charge is -2.13. The summed E-state index contributed by atoms with van der Waals surface area (Å²) >= 11 is 0. The van der Waals surface area contributed by atoms with Crippen LogP contribution in [0, 0.1) is 0 Å². The Morgan fingerprint density at radius 1 is 1.33 bits per heavy atom. The normalized spacial score (nSPS) is 11.1. The number of carbonyl (C=O) groups excluding carboxylic acids is 1. The Kier molecular flexibility index (Phi) is 3.85. The summed E-state index contributed by atoms with van der Waals surface area (Å²) in [6.07, 6.45) is -0.454. The maximum atomic E-state index is 11.9. The van der Waals surface area contributed by atoms with Crippen LogP contribution >= 0.6 is 0 Å². The monoisotopic (exact) mass is 250 g/mol. The molecule has 0 radical (unpaired) electrons. The fraction of sp³-hybridized carbons (Fsp3) is 0.364. The summed E-state index contributed by atoms with van der Waals surface area (Å²) in [6, 6.07) is 5.09. The summed E-state index contributed by atoms with van der Waals surface area (Å²) in [4.78, 5) is 11.9. The van der Waals surface area contributed by atoms with E-state index in [0.717, 1.165) is 5.52 Å². The Morgan fingerprint density at radius 3 is 2.78 bits per heavy atom. The van der Waals surface area contributed by atoms with Crippen molar-refractivity contribution in [1.82, 2.24) is 20.7 Å². The van der Waals surface area contributed by atoms with Crippen LogP contribution in [0.25, 0.3) is 11.0 Å². The van der Waals surface area contributed by atoms with Gasteiger partial charge in [0.1, 0.15) is 11.0 Å². The molecule has 1 aromatic heterocycles. The second-order valence-corrected chi connectivity index (χ2v) is 3.64. The van der Waals surface area contributed by atoms with E-state index in [1.165, 1.54) is 14.2 Å². The number of rotatable bonds is 5. The van der Waals surface area contributed by atoms with Gasteiger partial charge in [-0.15, -0.1) is 0 Å². The number of nitrogens with zero attached hydrogens (tertiary/aromatic N) is 2. The highest BCUT2D eigenvalue weighted by Gasteiger charge is 2.11. The molecule has 0 aliphatic heterocycles. The molecule has 18 heavy (non-hydrogen) atoms. The highest BCUT2D eigenvalue weighted by atomic mass is 16.7. The van der Waals surface area contributed by atoms with Gasteiger partial charge < -0.3 is 14.8 Å². The fourth-order valence-electron chi connectivity index (χ4n) is 1.52. The van der Waals surface area contributed by atoms with Gasteiger partial charge in [0.05, 0.1) is 6.54 Å². The number of ether oxygens (including phenoxy) is 2. The number of hydrogen-bond acceptors (Lipinski definition) is 5. The standard InChI is InChI=1S/C11H14N4O3/c1-17-10(18-2)6-12-11(16)7-3-4-8-9(5-7)14-15-13-8/h3-5,10H,6H2,1-2H3,(H,12,16)(H,13,14,15).